The summed E-state index contributed by atoms with van der Waals surface area (Å²) in [6.45, 7) is 6.30. The van der Waals surface area contributed by atoms with E-state index in [0.29, 0.717) is 30.6 Å². The lowest BCUT2D eigenvalue weighted by molar-refractivity contribution is 0.134. The van der Waals surface area contributed by atoms with E-state index in [4.69, 9.17) is 0 Å². The minimum Gasteiger partial charge on any atom is -0.383 e. The van der Waals surface area contributed by atoms with Crippen molar-refractivity contribution < 1.29 is 4.39 Å². The predicted octanol–water partition coefficient (Wildman–Crippen LogP) is 3.98. The predicted molar refractivity (Wildman–Crippen MR) is 133 cm³/mol. The SMILES string of the molecule is C[C@@H]1CN(c2ccc(C#N)c3ncccc23)C[C@@H]2c3ccc(NC[C@@H]4C[C@H](F)CN4)cc3CN12. The average molecular weight is 457 g/mol. The Bertz CT molecular complexity index is 1270. The number of aromatic nitrogens is 1. The van der Waals surface area contributed by atoms with Crippen molar-refractivity contribution in [3.8, 4) is 6.07 Å². The largest absolute Gasteiger partial charge is 0.383 e. The molecule has 0 bridgehead atoms. The van der Waals surface area contributed by atoms with Gasteiger partial charge in [0.05, 0.1) is 17.1 Å². The third-order valence-electron chi connectivity index (χ3n) is 7.63. The smallest absolute Gasteiger partial charge is 0.114 e. The Morgan fingerprint density at radius 2 is 2.15 bits per heavy atom. The van der Waals surface area contributed by atoms with Crippen molar-refractivity contribution in [1.29, 1.82) is 5.26 Å². The molecule has 4 heterocycles. The van der Waals surface area contributed by atoms with Gasteiger partial charge in [-0.25, -0.2) is 4.39 Å². The van der Waals surface area contributed by atoms with Crippen LogP contribution < -0.4 is 15.5 Å². The van der Waals surface area contributed by atoms with Crippen molar-refractivity contribution in [3.63, 3.8) is 0 Å². The summed E-state index contributed by atoms with van der Waals surface area (Å²) >= 11 is 0. The standard InChI is InChI=1S/C27H29FN6/c1-17-14-33(25-7-4-18(11-29)27-24(25)3-2-8-30-27)16-26-23-6-5-21(9-19(23)15-34(17)26)32-13-22-10-20(28)12-31-22/h2-9,17,20,22,26,31-32H,10,12-16H2,1H3/t17-,20+,22+,26-/m1/s1. The number of nitriles is 1. The second kappa shape index (κ2) is 8.53. The van der Waals surface area contributed by atoms with Crippen LogP contribution in [-0.2, 0) is 6.54 Å². The first-order valence-corrected chi connectivity index (χ1v) is 12.1. The van der Waals surface area contributed by atoms with Gasteiger partial charge in [-0.05, 0) is 60.9 Å². The van der Waals surface area contributed by atoms with Crippen molar-refractivity contribution in [1.82, 2.24) is 15.2 Å². The molecule has 7 heteroatoms. The summed E-state index contributed by atoms with van der Waals surface area (Å²) in [6, 6.07) is 17.9. The maximum atomic E-state index is 13.4. The maximum absolute atomic E-state index is 13.4. The fourth-order valence-electron chi connectivity index (χ4n) is 5.92. The van der Waals surface area contributed by atoms with Crippen LogP contribution in [0.25, 0.3) is 10.9 Å². The molecule has 0 spiro atoms. The third-order valence-corrected chi connectivity index (χ3v) is 7.63. The van der Waals surface area contributed by atoms with E-state index in [1.54, 1.807) is 6.20 Å². The first-order valence-electron chi connectivity index (χ1n) is 12.1. The van der Waals surface area contributed by atoms with Gasteiger partial charge in [0.2, 0.25) is 0 Å². The van der Waals surface area contributed by atoms with Crippen LogP contribution in [0.2, 0.25) is 0 Å². The lowest BCUT2D eigenvalue weighted by Gasteiger charge is -2.43. The third kappa shape index (κ3) is 3.67. The zero-order chi connectivity index (χ0) is 23.2. The number of hydrogen-bond acceptors (Lipinski definition) is 6. The van der Waals surface area contributed by atoms with Crippen molar-refractivity contribution in [3.05, 3.63) is 65.4 Å². The normalized spacial score (nSPS) is 26.3. The molecular weight excluding hydrogens is 427 g/mol. The molecule has 0 saturated carbocycles. The highest BCUT2D eigenvalue weighted by Crippen LogP contribution is 2.42. The Morgan fingerprint density at radius 3 is 2.97 bits per heavy atom. The van der Waals surface area contributed by atoms with Gasteiger partial charge >= 0.3 is 0 Å². The highest BCUT2D eigenvalue weighted by molar-refractivity contribution is 5.95. The van der Waals surface area contributed by atoms with Crippen LogP contribution in [0.5, 0.6) is 0 Å². The van der Waals surface area contributed by atoms with Crippen LogP contribution in [0.15, 0.2) is 48.7 Å². The first-order chi connectivity index (χ1) is 16.6. The molecular formula is C27H29FN6. The first kappa shape index (κ1) is 21.3. The lowest BCUT2D eigenvalue weighted by Crippen LogP contribution is -2.51. The van der Waals surface area contributed by atoms with Crippen molar-refractivity contribution in [2.45, 2.75) is 44.2 Å². The van der Waals surface area contributed by atoms with E-state index in [1.807, 2.05) is 12.1 Å². The molecule has 0 amide bonds. The van der Waals surface area contributed by atoms with Crippen molar-refractivity contribution >= 4 is 22.3 Å². The van der Waals surface area contributed by atoms with Gasteiger partial charge in [0.15, 0.2) is 0 Å². The topological polar surface area (TPSA) is 67.2 Å². The molecule has 0 aliphatic carbocycles. The molecule has 3 aromatic rings. The van der Waals surface area contributed by atoms with Crippen molar-refractivity contribution in [2.24, 2.45) is 0 Å². The molecule has 4 atom stereocenters. The number of alkyl halides is 1. The van der Waals surface area contributed by atoms with E-state index in [9.17, 15) is 9.65 Å². The van der Waals surface area contributed by atoms with Gasteiger partial charge in [-0.1, -0.05) is 6.07 Å². The van der Waals surface area contributed by atoms with Crippen LogP contribution in [0.3, 0.4) is 0 Å². The lowest BCUT2D eigenvalue weighted by atomic mass is 9.99. The molecule has 2 saturated heterocycles. The van der Waals surface area contributed by atoms with Crippen LogP contribution in [-0.4, -0.2) is 54.3 Å². The van der Waals surface area contributed by atoms with Crippen LogP contribution in [0, 0.1) is 11.3 Å². The number of nitrogens with zero attached hydrogens (tertiary/aromatic N) is 4. The van der Waals surface area contributed by atoms with Gasteiger partial charge in [0, 0.05) is 67.8 Å². The number of hydrogen-bond donors (Lipinski definition) is 2. The summed E-state index contributed by atoms with van der Waals surface area (Å²) in [6.07, 6.45) is 1.61. The van der Waals surface area contributed by atoms with Gasteiger partial charge in [-0.3, -0.25) is 9.88 Å². The molecule has 3 aliphatic heterocycles. The second-order valence-electron chi connectivity index (χ2n) is 9.82. The molecule has 174 valence electrons. The highest BCUT2D eigenvalue weighted by Gasteiger charge is 2.39. The van der Waals surface area contributed by atoms with Crippen LogP contribution in [0.1, 0.15) is 36.1 Å². The Kier molecular flexibility index (Phi) is 5.35. The van der Waals surface area contributed by atoms with E-state index in [1.165, 1.54) is 11.1 Å². The van der Waals surface area contributed by atoms with Gasteiger partial charge in [0.25, 0.3) is 0 Å². The van der Waals surface area contributed by atoms with Gasteiger partial charge in [-0.2, -0.15) is 5.26 Å². The number of anilines is 2. The van der Waals surface area contributed by atoms with E-state index < -0.39 is 6.17 Å². The zero-order valence-electron chi connectivity index (χ0n) is 19.3. The molecule has 2 N–H and O–H groups in total. The van der Waals surface area contributed by atoms with E-state index in [2.05, 4.69) is 68.7 Å². The van der Waals surface area contributed by atoms with Crippen LogP contribution in [0.4, 0.5) is 15.8 Å². The Labute approximate surface area is 199 Å². The summed E-state index contributed by atoms with van der Waals surface area (Å²) in [5.74, 6) is 0. The minimum absolute atomic E-state index is 0.194. The Balaban J connectivity index is 1.24. The fraction of sp³-hybridized carbons (Fsp3) is 0.407. The average Bonchev–Trinajstić information content (AvgIpc) is 3.45. The summed E-state index contributed by atoms with van der Waals surface area (Å²) in [5, 5.41) is 17.3. The Hall–Kier alpha value is -3.21. The number of rotatable bonds is 4. The molecule has 0 radical (unpaired) electrons. The molecule has 6 rings (SSSR count). The summed E-state index contributed by atoms with van der Waals surface area (Å²) in [5.41, 5.74) is 6.41. The van der Waals surface area contributed by atoms with E-state index in [-0.39, 0.29) is 6.04 Å². The minimum atomic E-state index is -0.726. The number of halogens is 1. The maximum Gasteiger partial charge on any atom is 0.114 e. The summed E-state index contributed by atoms with van der Waals surface area (Å²) in [4.78, 5) is 9.55. The number of benzene rings is 2. The molecule has 2 fully saturated rings. The number of fused-ring (bicyclic) bond motifs is 4. The monoisotopic (exact) mass is 456 g/mol. The molecule has 1 aromatic heterocycles. The van der Waals surface area contributed by atoms with Crippen LogP contribution >= 0.6 is 0 Å². The van der Waals surface area contributed by atoms with E-state index in [0.717, 1.165) is 48.5 Å². The molecule has 2 aromatic carbocycles. The molecule has 34 heavy (non-hydrogen) atoms. The number of pyridine rings is 1. The van der Waals surface area contributed by atoms with Crippen molar-refractivity contribution in [2.75, 3.05) is 36.4 Å². The molecule has 3 aliphatic rings. The molecule has 6 nitrogen and oxygen atoms in total. The molecule has 0 unspecified atom stereocenters. The Morgan fingerprint density at radius 1 is 1.24 bits per heavy atom. The zero-order valence-corrected chi connectivity index (χ0v) is 19.3. The fourth-order valence-corrected chi connectivity index (χ4v) is 5.92. The van der Waals surface area contributed by atoms with Gasteiger partial charge < -0.3 is 15.5 Å². The van der Waals surface area contributed by atoms with E-state index >= 15 is 0 Å². The quantitative estimate of drug-likeness (QED) is 0.619. The van der Waals surface area contributed by atoms with Gasteiger partial charge in [0.1, 0.15) is 12.2 Å². The second-order valence-corrected chi connectivity index (χ2v) is 9.82. The highest BCUT2D eigenvalue weighted by atomic mass is 19.1. The van der Waals surface area contributed by atoms with Gasteiger partial charge in [-0.15, -0.1) is 0 Å². The number of piperazine rings is 1. The summed E-state index contributed by atoms with van der Waals surface area (Å²) < 4.78 is 13.4. The summed E-state index contributed by atoms with van der Waals surface area (Å²) in [7, 11) is 0. The number of nitrogens with one attached hydrogen (secondary N) is 2.